The molecule has 0 aliphatic rings. The zero-order valence-electron chi connectivity index (χ0n) is 15.4. The van der Waals surface area contributed by atoms with Crippen LogP contribution >= 0.6 is 0 Å². The van der Waals surface area contributed by atoms with E-state index in [0.717, 1.165) is 27.6 Å². The Bertz CT molecular complexity index is 1210. The molecule has 3 heteroatoms. The van der Waals surface area contributed by atoms with Gasteiger partial charge in [0.15, 0.2) is 5.78 Å². The first kappa shape index (κ1) is 17.8. The summed E-state index contributed by atoms with van der Waals surface area (Å²) < 4.78 is 0. The molecule has 0 fully saturated rings. The van der Waals surface area contributed by atoms with Crippen LogP contribution in [-0.2, 0) is 0 Å². The van der Waals surface area contributed by atoms with Crippen LogP contribution in [0.15, 0.2) is 79.0 Å². The lowest BCUT2D eigenvalue weighted by Gasteiger charge is -2.11. The van der Waals surface area contributed by atoms with Crippen molar-refractivity contribution in [1.29, 1.82) is 0 Å². The fourth-order valence-electron chi connectivity index (χ4n) is 3.33. The third kappa shape index (κ3) is 3.46. The fraction of sp³-hybridized carbons (Fsp3) is 0.0800. The zero-order chi connectivity index (χ0) is 19.5. The number of benzene rings is 3. The van der Waals surface area contributed by atoms with Gasteiger partial charge in [0.25, 0.3) is 0 Å². The van der Waals surface area contributed by atoms with Crippen LogP contribution in [0, 0.1) is 11.8 Å². The summed E-state index contributed by atoms with van der Waals surface area (Å²) in [5.74, 6) is 5.98. The van der Waals surface area contributed by atoms with Gasteiger partial charge in [-0.05, 0) is 41.6 Å². The second-order valence-corrected chi connectivity index (χ2v) is 6.65. The highest BCUT2D eigenvalue weighted by atomic mass is 16.3. The largest absolute Gasteiger partial charge is 0.376 e. The molecule has 1 aromatic heterocycles. The second-order valence-electron chi connectivity index (χ2n) is 6.65. The second kappa shape index (κ2) is 7.56. The number of hydrogen-bond donors (Lipinski definition) is 2. The number of aromatic amines is 1. The van der Waals surface area contributed by atoms with Crippen LogP contribution in [0.4, 0.5) is 0 Å². The van der Waals surface area contributed by atoms with E-state index in [1.165, 1.54) is 0 Å². The summed E-state index contributed by atoms with van der Waals surface area (Å²) in [5.41, 5.74) is 4.78. The molecule has 0 spiro atoms. The smallest absolute Gasteiger partial charge is 0.160 e. The molecular weight excluding hydrogens is 346 g/mol. The van der Waals surface area contributed by atoms with E-state index in [1.807, 2.05) is 79.0 Å². The van der Waals surface area contributed by atoms with Crippen LogP contribution in [0.2, 0.25) is 0 Å². The number of aromatic nitrogens is 1. The monoisotopic (exact) mass is 365 g/mol. The Morgan fingerprint density at radius 3 is 2.61 bits per heavy atom. The maximum Gasteiger partial charge on any atom is 0.160 e. The lowest BCUT2D eigenvalue weighted by Crippen LogP contribution is -1.99. The third-order valence-electron chi connectivity index (χ3n) is 4.75. The molecule has 0 saturated carbocycles. The van der Waals surface area contributed by atoms with E-state index in [0.29, 0.717) is 11.1 Å². The first-order valence-corrected chi connectivity index (χ1v) is 9.09. The number of carbonyl (C=O) groups excluding carboxylic acids is 1. The Labute approximate surface area is 163 Å². The first-order chi connectivity index (χ1) is 13.6. The van der Waals surface area contributed by atoms with Crippen molar-refractivity contribution in [1.82, 2.24) is 4.98 Å². The number of nitrogens with one attached hydrogen (secondary N) is 1. The Kier molecular flexibility index (Phi) is 4.80. The fourth-order valence-corrected chi connectivity index (χ4v) is 3.33. The minimum Gasteiger partial charge on any atom is -0.376 e. The van der Waals surface area contributed by atoms with Crippen molar-refractivity contribution >= 4 is 16.7 Å². The summed E-state index contributed by atoms with van der Waals surface area (Å²) in [6.07, 6.45) is 1.00. The number of H-pyrrole nitrogens is 1. The van der Waals surface area contributed by atoms with E-state index in [1.54, 1.807) is 6.92 Å². The van der Waals surface area contributed by atoms with Gasteiger partial charge < -0.3 is 10.1 Å². The van der Waals surface area contributed by atoms with Gasteiger partial charge in [-0.25, -0.2) is 0 Å². The molecule has 3 nitrogen and oxygen atoms in total. The number of hydrogen-bond acceptors (Lipinski definition) is 2. The van der Waals surface area contributed by atoms with E-state index < -0.39 is 6.10 Å². The van der Waals surface area contributed by atoms with Gasteiger partial charge in [-0.3, -0.25) is 4.79 Å². The minimum atomic E-state index is -0.888. The highest BCUT2D eigenvalue weighted by Crippen LogP contribution is 2.30. The van der Waals surface area contributed by atoms with Gasteiger partial charge in [-0.2, -0.15) is 0 Å². The summed E-state index contributed by atoms with van der Waals surface area (Å²) >= 11 is 0. The van der Waals surface area contributed by atoms with E-state index >= 15 is 0 Å². The normalized spacial score (nSPS) is 11.6. The van der Waals surface area contributed by atoms with Crippen molar-refractivity contribution in [3.05, 3.63) is 95.7 Å². The number of rotatable bonds is 3. The predicted octanol–water partition coefficient (Wildman–Crippen LogP) is 5.12. The van der Waals surface area contributed by atoms with Crippen LogP contribution < -0.4 is 0 Å². The summed E-state index contributed by atoms with van der Waals surface area (Å²) in [6, 6.07) is 22.9. The Hall–Kier alpha value is -3.61. The van der Waals surface area contributed by atoms with Gasteiger partial charge in [-0.15, -0.1) is 0 Å². The quantitative estimate of drug-likeness (QED) is 0.391. The molecule has 1 heterocycles. The molecule has 1 atom stereocenters. The van der Waals surface area contributed by atoms with E-state index in [2.05, 4.69) is 16.8 Å². The highest BCUT2D eigenvalue weighted by Gasteiger charge is 2.14. The number of Topliss-reactive ketones (excluding diaryl/α,β-unsaturated/α-hetero) is 1. The lowest BCUT2D eigenvalue weighted by atomic mass is 9.92. The first-order valence-electron chi connectivity index (χ1n) is 9.09. The Morgan fingerprint density at radius 1 is 1.00 bits per heavy atom. The SMILES string of the molecule is CC(=O)c1cccc(C#CC(O)c2ccccc2)c1-c1ccc2cc[nH]c2c1. The molecule has 4 rings (SSSR count). The van der Waals surface area contributed by atoms with Crippen LogP contribution in [-0.4, -0.2) is 15.9 Å². The van der Waals surface area contributed by atoms with Crippen LogP contribution in [0.1, 0.15) is 34.5 Å². The van der Waals surface area contributed by atoms with Gasteiger partial charge in [0.1, 0.15) is 6.10 Å². The van der Waals surface area contributed by atoms with Gasteiger partial charge in [0.2, 0.25) is 0 Å². The van der Waals surface area contributed by atoms with Crippen LogP contribution in [0.5, 0.6) is 0 Å². The number of carbonyl (C=O) groups is 1. The molecule has 0 bridgehead atoms. The van der Waals surface area contributed by atoms with Crippen molar-refractivity contribution in [3.8, 4) is 23.0 Å². The molecular formula is C25H19NO2. The average molecular weight is 365 g/mol. The molecule has 136 valence electrons. The summed E-state index contributed by atoms with van der Waals surface area (Å²) in [5, 5.41) is 11.5. The maximum atomic E-state index is 12.3. The Balaban J connectivity index is 1.83. The number of ketones is 1. The van der Waals surface area contributed by atoms with Crippen molar-refractivity contribution in [2.24, 2.45) is 0 Å². The molecule has 0 radical (unpaired) electrons. The van der Waals surface area contributed by atoms with E-state index in [4.69, 9.17) is 0 Å². The molecule has 1 unspecified atom stereocenters. The molecule has 4 aromatic rings. The number of aliphatic hydroxyl groups is 1. The number of aliphatic hydroxyl groups excluding tert-OH is 1. The molecule has 0 aliphatic heterocycles. The summed E-state index contributed by atoms with van der Waals surface area (Å²) in [4.78, 5) is 15.5. The molecule has 2 N–H and O–H groups in total. The Morgan fingerprint density at radius 2 is 1.82 bits per heavy atom. The zero-order valence-corrected chi connectivity index (χ0v) is 15.4. The highest BCUT2D eigenvalue weighted by molar-refractivity contribution is 6.03. The van der Waals surface area contributed by atoms with Crippen molar-refractivity contribution in [2.45, 2.75) is 13.0 Å². The molecule has 0 aliphatic carbocycles. The number of fused-ring (bicyclic) bond motifs is 1. The third-order valence-corrected chi connectivity index (χ3v) is 4.75. The van der Waals surface area contributed by atoms with Crippen molar-refractivity contribution < 1.29 is 9.90 Å². The molecule has 0 saturated heterocycles. The van der Waals surface area contributed by atoms with Gasteiger partial charge in [-0.1, -0.05) is 66.4 Å². The van der Waals surface area contributed by atoms with Gasteiger partial charge in [0.05, 0.1) is 0 Å². The van der Waals surface area contributed by atoms with Gasteiger partial charge in [0, 0.05) is 28.4 Å². The van der Waals surface area contributed by atoms with E-state index in [-0.39, 0.29) is 5.78 Å². The van der Waals surface area contributed by atoms with Crippen molar-refractivity contribution in [2.75, 3.05) is 0 Å². The van der Waals surface area contributed by atoms with Gasteiger partial charge >= 0.3 is 0 Å². The average Bonchev–Trinajstić information content (AvgIpc) is 3.20. The predicted molar refractivity (Wildman–Crippen MR) is 112 cm³/mol. The van der Waals surface area contributed by atoms with E-state index in [9.17, 15) is 9.90 Å². The minimum absolute atomic E-state index is 0.0196. The summed E-state index contributed by atoms with van der Waals surface area (Å²) in [6.45, 7) is 1.56. The lowest BCUT2D eigenvalue weighted by molar-refractivity contribution is 0.101. The van der Waals surface area contributed by atoms with Crippen LogP contribution in [0.25, 0.3) is 22.0 Å². The maximum absolute atomic E-state index is 12.3. The molecule has 0 amide bonds. The molecule has 3 aromatic carbocycles. The summed E-state index contributed by atoms with van der Waals surface area (Å²) in [7, 11) is 0. The van der Waals surface area contributed by atoms with Crippen molar-refractivity contribution in [3.63, 3.8) is 0 Å². The topological polar surface area (TPSA) is 53.1 Å². The van der Waals surface area contributed by atoms with Crippen LogP contribution in [0.3, 0.4) is 0 Å². The molecule has 28 heavy (non-hydrogen) atoms. The standard InChI is InChI=1S/C25H19NO2/c1-17(27)22-9-5-8-20(12-13-24(28)19-6-3-2-4-7-19)25(22)21-11-10-18-14-15-26-23(18)16-21/h2-11,14-16,24,26,28H,1H3.